The van der Waals surface area contributed by atoms with E-state index in [1.54, 1.807) is 27.7 Å². The van der Waals surface area contributed by atoms with Gasteiger partial charge in [-0.3, -0.25) is 4.79 Å². The molecule has 0 bridgehead atoms. The summed E-state index contributed by atoms with van der Waals surface area (Å²) in [6.45, 7) is 10.3. The fourth-order valence-corrected chi connectivity index (χ4v) is 3.33. The Kier molecular flexibility index (Phi) is 6.04. The molecule has 1 aliphatic rings. The number of hydrogen-bond donors (Lipinski definition) is 2. The van der Waals surface area contributed by atoms with Crippen LogP contribution in [0, 0.1) is 13.8 Å². The monoisotopic (exact) mass is 385 g/mol. The van der Waals surface area contributed by atoms with Crippen molar-refractivity contribution in [3.63, 3.8) is 0 Å². The highest BCUT2D eigenvalue weighted by atomic mass is 16.5. The molecule has 3 rings (SSSR count). The van der Waals surface area contributed by atoms with Crippen molar-refractivity contribution in [3.05, 3.63) is 46.8 Å². The van der Waals surface area contributed by atoms with E-state index < -0.39 is 5.97 Å². The Balaban J connectivity index is 1.72. The fraction of sp³-hybridized carbons (Fsp3) is 0.429. The minimum atomic E-state index is -0.421. The molecule has 7 nitrogen and oxygen atoms in total. The first kappa shape index (κ1) is 19.9. The fourth-order valence-electron chi connectivity index (χ4n) is 3.33. The third-order valence-corrected chi connectivity index (χ3v) is 4.71. The Labute approximate surface area is 165 Å². The lowest BCUT2D eigenvalue weighted by atomic mass is 10.1. The number of nitrogens with zero attached hydrogens (tertiary/aromatic N) is 1. The summed E-state index contributed by atoms with van der Waals surface area (Å²) >= 11 is 0. The summed E-state index contributed by atoms with van der Waals surface area (Å²) in [5, 5.41) is 2.88. The quantitative estimate of drug-likeness (QED) is 0.772. The molecule has 0 spiro atoms. The molecule has 150 valence electrons. The van der Waals surface area contributed by atoms with Crippen LogP contribution in [0.5, 0.6) is 0 Å². The summed E-state index contributed by atoms with van der Waals surface area (Å²) in [5.74, 6) is -0.710. The van der Waals surface area contributed by atoms with Crippen LogP contribution < -0.4 is 10.2 Å². The molecular formula is C21H27N3O4. The molecule has 7 heteroatoms. The van der Waals surface area contributed by atoms with Crippen LogP contribution in [0.15, 0.2) is 24.3 Å². The molecule has 0 aliphatic carbocycles. The number of benzene rings is 1. The van der Waals surface area contributed by atoms with Crippen LogP contribution in [0.3, 0.4) is 0 Å². The number of rotatable bonds is 5. The molecule has 0 atom stereocenters. The van der Waals surface area contributed by atoms with Gasteiger partial charge in [-0.15, -0.1) is 0 Å². The Bertz CT molecular complexity index is 849. The molecule has 2 aromatic rings. The molecule has 1 saturated heterocycles. The largest absolute Gasteiger partial charge is 0.459 e. The maximum atomic E-state index is 12.7. The van der Waals surface area contributed by atoms with E-state index in [-0.39, 0.29) is 12.0 Å². The average Bonchev–Trinajstić information content (AvgIpc) is 2.97. The molecule has 0 saturated carbocycles. The molecule has 0 unspecified atom stereocenters. The third-order valence-electron chi connectivity index (χ3n) is 4.71. The van der Waals surface area contributed by atoms with E-state index >= 15 is 0 Å². The summed E-state index contributed by atoms with van der Waals surface area (Å²) in [6, 6.07) is 7.72. The molecule has 28 heavy (non-hydrogen) atoms. The van der Waals surface area contributed by atoms with Crippen molar-refractivity contribution in [2.75, 3.05) is 36.5 Å². The number of amides is 1. The first-order valence-corrected chi connectivity index (χ1v) is 9.51. The van der Waals surface area contributed by atoms with E-state index in [1.165, 1.54) is 0 Å². The first-order chi connectivity index (χ1) is 13.4. The number of aryl methyl sites for hydroxylation is 1. The number of morpholine rings is 1. The highest BCUT2D eigenvalue weighted by Crippen LogP contribution is 2.22. The highest BCUT2D eigenvalue weighted by Gasteiger charge is 2.23. The minimum Gasteiger partial charge on any atom is -0.459 e. The van der Waals surface area contributed by atoms with Gasteiger partial charge in [-0.05, 0) is 57.5 Å². The Hall–Kier alpha value is -2.80. The summed E-state index contributed by atoms with van der Waals surface area (Å²) in [5.41, 5.74) is 3.79. The third kappa shape index (κ3) is 4.36. The lowest BCUT2D eigenvalue weighted by Gasteiger charge is -2.28. The summed E-state index contributed by atoms with van der Waals surface area (Å²) in [6.07, 6.45) is -0.219. The van der Waals surface area contributed by atoms with Crippen molar-refractivity contribution in [2.24, 2.45) is 0 Å². The van der Waals surface area contributed by atoms with E-state index in [0.717, 1.165) is 32.0 Å². The molecule has 1 aromatic carbocycles. The standard InChI is InChI=1S/C21H27N3O4/c1-13(2)28-21(26)18-14(3)19(22-15(18)4)20(25)23-16-5-7-17(8-6-16)24-9-11-27-12-10-24/h5-8,13,22H,9-12H2,1-4H3,(H,23,25). The van der Waals surface area contributed by atoms with Crippen molar-refractivity contribution in [2.45, 2.75) is 33.8 Å². The van der Waals surface area contributed by atoms with Gasteiger partial charge < -0.3 is 24.7 Å². The Morgan fingerprint density at radius 3 is 2.39 bits per heavy atom. The molecule has 1 aromatic heterocycles. The molecule has 1 fully saturated rings. The van der Waals surface area contributed by atoms with Crippen LogP contribution >= 0.6 is 0 Å². The second-order valence-corrected chi connectivity index (χ2v) is 7.18. The zero-order valence-electron chi connectivity index (χ0n) is 16.8. The van der Waals surface area contributed by atoms with Crippen molar-refractivity contribution < 1.29 is 19.1 Å². The molecule has 0 radical (unpaired) electrons. The number of carbonyl (C=O) groups excluding carboxylic acids is 2. The lowest BCUT2D eigenvalue weighted by molar-refractivity contribution is 0.0376. The summed E-state index contributed by atoms with van der Waals surface area (Å²) in [7, 11) is 0. The topological polar surface area (TPSA) is 83.7 Å². The van der Waals surface area contributed by atoms with Gasteiger partial charge in [0.1, 0.15) is 5.69 Å². The molecule has 1 amide bonds. The molecule has 2 N–H and O–H groups in total. The smallest absolute Gasteiger partial charge is 0.340 e. The van der Waals surface area contributed by atoms with Gasteiger partial charge in [0.25, 0.3) is 5.91 Å². The van der Waals surface area contributed by atoms with Crippen LogP contribution in [0.25, 0.3) is 0 Å². The first-order valence-electron chi connectivity index (χ1n) is 9.51. The number of anilines is 2. The number of aromatic nitrogens is 1. The Morgan fingerprint density at radius 1 is 1.14 bits per heavy atom. The van der Waals surface area contributed by atoms with Crippen LogP contribution in [0.2, 0.25) is 0 Å². The second kappa shape index (κ2) is 8.48. The molecule has 1 aliphatic heterocycles. The van der Waals surface area contributed by atoms with E-state index in [0.29, 0.717) is 28.2 Å². The highest BCUT2D eigenvalue weighted by molar-refractivity contribution is 6.06. The van der Waals surface area contributed by atoms with Gasteiger partial charge in [0.05, 0.1) is 24.9 Å². The van der Waals surface area contributed by atoms with Gasteiger partial charge in [-0.2, -0.15) is 0 Å². The van der Waals surface area contributed by atoms with Crippen molar-refractivity contribution in [3.8, 4) is 0 Å². The number of H-pyrrole nitrogens is 1. The van der Waals surface area contributed by atoms with Gasteiger partial charge in [0.15, 0.2) is 0 Å². The number of aromatic amines is 1. The van der Waals surface area contributed by atoms with E-state index in [9.17, 15) is 9.59 Å². The van der Waals surface area contributed by atoms with Crippen molar-refractivity contribution >= 4 is 23.3 Å². The van der Waals surface area contributed by atoms with E-state index in [2.05, 4.69) is 15.2 Å². The summed E-state index contributed by atoms with van der Waals surface area (Å²) < 4.78 is 10.6. The van der Waals surface area contributed by atoms with Crippen molar-refractivity contribution in [1.29, 1.82) is 0 Å². The van der Waals surface area contributed by atoms with Crippen LogP contribution in [-0.4, -0.2) is 49.3 Å². The van der Waals surface area contributed by atoms with Gasteiger partial charge in [0, 0.05) is 30.2 Å². The molecule has 2 heterocycles. The number of esters is 1. The maximum Gasteiger partial charge on any atom is 0.340 e. The zero-order valence-corrected chi connectivity index (χ0v) is 16.8. The number of ether oxygens (including phenoxy) is 2. The number of hydrogen-bond acceptors (Lipinski definition) is 5. The Morgan fingerprint density at radius 2 is 1.79 bits per heavy atom. The number of carbonyl (C=O) groups is 2. The minimum absolute atomic E-state index is 0.219. The normalized spacial score (nSPS) is 14.2. The van der Waals surface area contributed by atoms with Crippen LogP contribution in [0.1, 0.15) is 46.0 Å². The predicted octanol–water partition coefficient (Wildman–Crippen LogP) is 3.29. The van der Waals surface area contributed by atoms with E-state index in [4.69, 9.17) is 9.47 Å². The average molecular weight is 385 g/mol. The van der Waals surface area contributed by atoms with Gasteiger partial charge in [-0.1, -0.05) is 0 Å². The maximum absolute atomic E-state index is 12.7. The van der Waals surface area contributed by atoms with Gasteiger partial charge >= 0.3 is 5.97 Å². The second-order valence-electron chi connectivity index (χ2n) is 7.18. The van der Waals surface area contributed by atoms with Crippen LogP contribution in [0.4, 0.5) is 11.4 Å². The van der Waals surface area contributed by atoms with E-state index in [1.807, 2.05) is 24.3 Å². The zero-order chi connectivity index (χ0) is 20.3. The SMILES string of the molecule is Cc1[nH]c(C(=O)Nc2ccc(N3CCOCC3)cc2)c(C)c1C(=O)OC(C)C. The number of nitrogens with one attached hydrogen (secondary N) is 2. The van der Waals surface area contributed by atoms with Gasteiger partial charge in [-0.25, -0.2) is 4.79 Å². The van der Waals surface area contributed by atoms with Crippen LogP contribution in [-0.2, 0) is 9.47 Å². The summed E-state index contributed by atoms with van der Waals surface area (Å²) in [4.78, 5) is 30.3. The van der Waals surface area contributed by atoms with Gasteiger partial charge in [0.2, 0.25) is 0 Å². The van der Waals surface area contributed by atoms with Crippen molar-refractivity contribution in [1.82, 2.24) is 4.98 Å². The lowest BCUT2D eigenvalue weighted by Crippen LogP contribution is -2.36. The predicted molar refractivity (Wildman–Crippen MR) is 108 cm³/mol. The molecular weight excluding hydrogens is 358 g/mol.